The molecule has 0 bridgehead atoms. The van der Waals surface area contributed by atoms with Crippen LogP contribution in [0.4, 0.5) is 0 Å². The van der Waals surface area contributed by atoms with E-state index in [0.717, 1.165) is 43.6 Å². The Balaban J connectivity index is 1.34. The van der Waals surface area contributed by atoms with Gasteiger partial charge < -0.3 is 19.7 Å². The highest BCUT2D eigenvalue weighted by molar-refractivity contribution is 5.94. The molecule has 2 amide bonds. The Bertz CT molecular complexity index is 1390. The molecule has 1 N–H and O–H groups in total. The minimum absolute atomic E-state index is 0.0942. The second-order valence-corrected chi connectivity index (χ2v) is 11.0. The number of nitriles is 1. The summed E-state index contributed by atoms with van der Waals surface area (Å²) < 4.78 is 10.6. The van der Waals surface area contributed by atoms with Gasteiger partial charge in [-0.25, -0.2) is 0 Å². The minimum Gasteiger partial charge on any atom is -0.493 e. The SMILES string of the molecule is COc1ccc(CNC(=O)c2ccc(CN(C(=O)C(C)C)C3CCN(Cc4ccc(C#N)cc4)CC3)cc2)cc1OC. The number of hydrogen-bond donors (Lipinski definition) is 1. The number of nitrogens with one attached hydrogen (secondary N) is 1. The molecule has 3 aromatic rings. The number of carbonyl (C=O) groups excluding carboxylic acids is 2. The molecule has 3 aromatic carbocycles. The Kier molecular flexibility index (Phi) is 10.6. The molecule has 0 saturated carbocycles. The molecule has 0 spiro atoms. The van der Waals surface area contributed by atoms with E-state index >= 15 is 0 Å². The zero-order valence-corrected chi connectivity index (χ0v) is 24.9. The van der Waals surface area contributed by atoms with E-state index in [-0.39, 0.29) is 23.8 Å². The molecule has 42 heavy (non-hydrogen) atoms. The van der Waals surface area contributed by atoms with Crippen molar-refractivity contribution in [3.05, 3.63) is 94.5 Å². The Morgan fingerprint density at radius 2 is 1.55 bits per heavy atom. The molecule has 8 nitrogen and oxygen atoms in total. The molecule has 0 atom stereocenters. The Morgan fingerprint density at radius 1 is 0.929 bits per heavy atom. The monoisotopic (exact) mass is 568 g/mol. The first kappa shape index (κ1) is 30.6. The molecular weight excluding hydrogens is 528 g/mol. The van der Waals surface area contributed by atoms with Gasteiger partial charge in [0, 0.05) is 50.2 Å². The van der Waals surface area contributed by atoms with Gasteiger partial charge in [0.15, 0.2) is 11.5 Å². The van der Waals surface area contributed by atoms with Crippen LogP contribution in [0.25, 0.3) is 0 Å². The van der Waals surface area contributed by atoms with Crippen molar-refractivity contribution in [2.24, 2.45) is 5.92 Å². The van der Waals surface area contributed by atoms with Crippen molar-refractivity contribution in [1.82, 2.24) is 15.1 Å². The summed E-state index contributed by atoms with van der Waals surface area (Å²) in [7, 11) is 3.17. The number of rotatable bonds is 11. The molecule has 1 fully saturated rings. The smallest absolute Gasteiger partial charge is 0.251 e. The van der Waals surface area contributed by atoms with Crippen molar-refractivity contribution in [3.8, 4) is 17.6 Å². The van der Waals surface area contributed by atoms with Crippen LogP contribution in [0, 0.1) is 17.2 Å². The second-order valence-electron chi connectivity index (χ2n) is 11.0. The zero-order valence-electron chi connectivity index (χ0n) is 24.9. The van der Waals surface area contributed by atoms with Gasteiger partial charge in [0.25, 0.3) is 5.91 Å². The summed E-state index contributed by atoms with van der Waals surface area (Å²) in [6.07, 6.45) is 1.82. The third-order valence-electron chi connectivity index (χ3n) is 7.73. The number of piperidine rings is 1. The molecule has 4 rings (SSSR count). The van der Waals surface area contributed by atoms with Gasteiger partial charge in [-0.3, -0.25) is 14.5 Å². The van der Waals surface area contributed by atoms with Gasteiger partial charge in [-0.1, -0.05) is 44.2 Å². The first-order chi connectivity index (χ1) is 20.3. The summed E-state index contributed by atoms with van der Waals surface area (Å²) in [4.78, 5) is 30.5. The number of nitrogens with zero attached hydrogens (tertiary/aromatic N) is 3. The third-order valence-corrected chi connectivity index (χ3v) is 7.73. The van der Waals surface area contributed by atoms with Gasteiger partial charge in [-0.2, -0.15) is 5.26 Å². The summed E-state index contributed by atoms with van der Waals surface area (Å²) >= 11 is 0. The first-order valence-electron chi connectivity index (χ1n) is 14.4. The predicted octanol–water partition coefficient (Wildman–Crippen LogP) is 5.15. The second kappa shape index (κ2) is 14.5. The number of amides is 2. The quantitative estimate of drug-likeness (QED) is 0.344. The predicted molar refractivity (Wildman–Crippen MR) is 162 cm³/mol. The van der Waals surface area contributed by atoms with Gasteiger partial charge in [0.1, 0.15) is 0 Å². The summed E-state index contributed by atoms with van der Waals surface area (Å²) in [5, 5.41) is 12.0. The number of methoxy groups -OCH3 is 2. The maximum atomic E-state index is 13.3. The Morgan fingerprint density at radius 3 is 2.14 bits per heavy atom. The van der Waals surface area contributed by atoms with Crippen LogP contribution < -0.4 is 14.8 Å². The highest BCUT2D eigenvalue weighted by atomic mass is 16.5. The van der Waals surface area contributed by atoms with Crippen molar-refractivity contribution < 1.29 is 19.1 Å². The van der Waals surface area contributed by atoms with Crippen LogP contribution in [0.3, 0.4) is 0 Å². The molecule has 0 aromatic heterocycles. The van der Waals surface area contributed by atoms with E-state index in [4.69, 9.17) is 14.7 Å². The van der Waals surface area contributed by atoms with Crippen LogP contribution in [0.2, 0.25) is 0 Å². The fraction of sp³-hybridized carbons (Fsp3) is 0.382. The van der Waals surface area contributed by atoms with Crippen molar-refractivity contribution >= 4 is 11.8 Å². The third kappa shape index (κ3) is 7.89. The summed E-state index contributed by atoms with van der Waals surface area (Å²) in [6, 6.07) is 23.1. The van der Waals surface area contributed by atoms with E-state index in [2.05, 4.69) is 16.3 Å². The van der Waals surface area contributed by atoms with Crippen LogP contribution in [0.15, 0.2) is 66.7 Å². The molecule has 1 heterocycles. The molecule has 1 saturated heterocycles. The number of ether oxygens (including phenoxy) is 2. The molecule has 0 unspecified atom stereocenters. The highest BCUT2D eigenvalue weighted by Gasteiger charge is 2.29. The summed E-state index contributed by atoms with van der Waals surface area (Å²) in [5.41, 5.74) is 4.33. The standard InChI is InChI=1S/C34H40N4O4/c1-24(2)34(40)38(30-15-17-37(18-16-30)22-26-7-5-25(20-35)6-8-26)23-27-9-12-29(13-10-27)33(39)36-21-28-11-14-31(41-3)32(19-28)42-4/h5-14,19,24,30H,15-18,21-23H2,1-4H3,(H,36,39). The van der Waals surface area contributed by atoms with Crippen molar-refractivity contribution in [2.75, 3.05) is 27.3 Å². The number of benzene rings is 3. The van der Waals surface area contributed by atoms with Crippen molar-refractivity contribution in [1.29, 1.82) is 5.26 Å². The summed E-state index contributed by atoms with van der Waals surface area (Å²) in [5.74, 6) is 1.15. The lowest BCUT2D eigenvalue weighted by atomic mass is 9.99. The molecular formula is C34H40N4O4. The molecule has 0 radical (unpaired) electrons. The van der Waals surface area contributed by atoms with Crippen LogP contribution in [-0.2, 0) is 24.4 Å². The molecule has 220 valence electrons. The van der Waals surface area contributed by atoms with E-state index < -0.39 is 0 Å². The number of hydrogen-bond acceptors (Lipinski definition) is 6. The van der Waals surface area contributed by atoms with Crippen LogP contribution in [-0.4, -0.2) is 55.0 Å². The normalized spacial score (nSPS) is 13.8. The molecule has 8 heteroatoms. The first-order valence-corrected chi connectivity index (χ1v) is 14.4. The Hall–Kier alpha value is -4.35. The Labute approximate surface area is 248 Å². The van der Waals surface area contributed by atoms with E-state index in [1.54, 1.807) is 14.2 Å². The van der Waals surface area contributed by atoms with Crippen molar-refractivity contribution in [3.63, 3.8) is 0 Å². The lowest BCUT2D eigenvalue weighted by molar-refractivity contribution is -0.138. The van der Waals surface area contributed by atoms with E-state index in [1.165, 1.54) is 5.56 Å². The average molecular weight is 569 g/mol. The topological polar surface area (TPSA) is 94.9 Å². The zero-order chi connectivity index (χ0) is 30.1. The van der Waals surface area contributed by atoms with Gasteiger partial charge in [0.05, 0.1) is 25.9 Å². The fourth-order valence-electron chi connectivity index (χ4n) is 5.28. The maximum absolute atomic E-state index is 13.3. The van der Waals surface area contributed by atoms with Gasteiger partial charge in [0.2, 0.25) is 5.91 Å². The lowest BCUT2D eigenvalue weighted by Gasteiger charge is -2.39. The van der Waals surface area contributed by atoms with Gasteiger partial charge >= 0.3 is 0 Å². The molecule has 1 aliphatic heterocycles. The maximum Gasteiger partial charge on any atom is 0.251 e. The van der Waals surface area contributed by atoms with Crippen molar-refractivity contribution in [2.45, 2.75) is 52.4 Å². The molecule has 0 aliphatic carbocycles. The lowest BCUT2D eigenvalue weighted by Crippen LogP contribution is -2.48. The average Bonchev–Trinajstić information content (AvgIpc) is 3.03. The molecule has 1 aliphatic rings. The van der Waals surface area contributed by atoms with E-state index in [0.29, 0.717) is 35.7 Å². The van der Waals surface area contributed by atoms with Crippen LogP contribution in [0.5, 0.6) is 11.5 Å². The van der Waals surface area contributed by atoms with Crippen LogP contribution in [0.1, 0.15) is 59.3 Å². The van der Waals surface area contributed by atoms with Crippen LogP contribution >= 0.6 is 0 Å². The largest absolute Gasteiger partial charge is 0.493 e. The van der Waals surface area contributed by atoms with Gasteiger partial charge in [-0.05, 0) is 65.9 Å². The van der Waals surface area contributed by atoms with Gasteiger partial charge in [-0.15, -0.1) is 0 Å². The minimum atomic E-state index is -0.166. The van der Waals surface area contributed by atoms with E-state index in [9.17, 15) is 9.59 Å². The fourth-order valence-corrected chi connectivity index (χ4v) is 5.28. The highest BCUT2D eigenvalue weighted by Crippen LogP contribution is 2.27. The van der Waals surface area contributed by atoms with E-state index in [1.807, 2.05) is 85.5 Å². The summed E-state index contributed by atoms with van der Waals surface area (Å²) in [6.45, 7) is 7.43. The number of carbonyl (C=O) groups is 2. The number of likely N-dealkylation sites (tertiary alicyclic amines) is 1.